The number of carbonyl (C=O) groups excluding carboxylic acids is 6. The van der Waals surface area contributed by atoms with Crippen molar-refractivity contribution in [2.24, 2.45) is 20.7 Å². The lowest BCUT2D eigenvalue weighted by Crippen LogP contribution is -2.47. The number of phosphoric acid groups is 1. The predicted molar refractivity (Wildman–Crippen MR) is 340 cm³/mol. The number of phosphoric ester groups is 1. The molecule has 0 bridgehead atoms. The van der Waals surface area contributed by atoms with Crippen LogP contribution in [-0.4, -0.2) is 164 Å². The van der Waals surface area contributed by atoms with Crippen molar-refractivity contribution >= 4 is 80.3 Å². The summed E-state index contributed by atoms with van der Waals surface area (Å²) < 4.78 is 76.7. The standard InChI is InChI=1S/C19H36N3O8P.C17H33N3O5.C12H22N2O4.C6H15NO.C2H4ClO3P/c1-18(2,3)29-16(23)21-15(22-17(24)30-19(4,5)6)20-11-9-7-8-10-12-26-31(25)27-13-14-28-31;1-16(2,3)24-14(22)19-13(18-11-9-7-8-10-12-21)20-15(23)25-17(4,5)6;1-8(13-9(15)17-11(2,3)4)14-10(16)18-12(5,6)7;7-5-3-1-2-4-6-8;3-7(4)5-1-2-6-7/h7-14H2,1-6H3,(H2,20,21,22,23,24);21H,7-12H2,1-6H3,(H2,18,19,20,22,23);1-7H3,(H,13,14,15,16);8H,1-7H2;1-2H2. The number of hydrogen-bond donors (Lipinski definition) is 8. The van der Waals surface area contributed by atoms with Crippen molar-refractivity contribution in [1.82, 2.24) is 26.6 Å². The molecule has 0 radical (unpaired) electrons. The zero-order chi connectivity index (χ0) is 69.2. The van der Waals surface area contributed by atoms with Gasteiger partial charge in [-0.05, 0) is 177 Å². The number of ether oxygens (including phenoxy) is 6. The SMILES string of the molecule is CC(=NC(=O)OC(C)(C)C)NC(=O)OC(C)(C)C.CC(C)(C)OC(=O)NC(=NCCCCCCO)NC(=O)OC(C)(C)C.CC(C)(C)OC(=O)NC(=NCCCCCCOP1(=O)OCCO1)NC(=O)OC(C)(C)C.NCCCCCCO.O=P1(Cl)OCCO1. The van der Waals surface area contributed by atoms with E-state index in [1.54, 1.807) is 125 Å². The number of aliphatic hydroxyl groups is 2. The molecular formula is C56H110ClN9O21P2. The van der Waals surface area contributed by atoms with Crippen LogP contribution in [0.2, 0.25) is 0 Å². The first kappa shape index (κ1) is 88.5. The van der Waals surface area contributed by atoms with Crippen LogP contribution < -0.4 is 32.3 Å². The summed E-state index contributed by atoms with van der Waals surface area (Å²) in [7, 11) is -3.33. The van der Waals surface area contributed by atoms with Gasteiger partial charge in [0.05, 0.1) is 33.0 Å². The fraction of sp³-hybridized carbons (Fsp3) is 0.839. The van der Waals surface area contributed by atoms with E-state index in [4.69, 9.17) is 69.2 Å². The van der Waals surface area contributed by atoms with Gasteiger partial charge in [-0.2, -0.15) is 4.99 Å². The summed E-state index contributed by atoms with van der Waals surface area (Å²) in [5.74, 6) is 0.0737. The number of hydrogen-bond acceptors (Lipinski definition) is 24. The Morgan fingerprint density at radius 3 is 1.03 bits per heavy atom. The van der Waals surface area contributed by atoms with Gasteiger partial charge in [0.25, 0.3) is 0 Å². The number of aliphatic hydroxyl groups excluding tert-OH is 2. The number of amidine groups is 1. The predicted octanol–water partition coefficient (Wildman–Crippen LogP) is 11.8. The van der Waals surface area contributed by atoms with Crippen LogP contribution in [0.15, 0.2) is 15.0 Å². The molecule has 2 fully saturated rings. The smallest absolute Gasteiger partial charge is 0.444 e. The molecule has 2 aliphatic heterocycles. The second-order valence-electron chi connectivity index (χ2n) is 25.3. The Labute approximate surface area is 533 Å². The van der Waals surface area contributed by atoms with Gasteiger partial charge in [0, 0.05) is 37.5 Å². The third-order valence-corrected chi connectivity index (χ3v) is 12.1. The number of guanidine groups is 2. The van der Waals surface area contributed by atoms with E-state index >= 15 is 0 Å². The Hall–Kier alpha value is -4.74. The fourth-order valence-corrected chi connectivity index (χ4v) is 8.02. The molecule has 0 unspecified atom stereocenters. The Balaban J connectivity index is -0.00000114. The number of halogens is 1. The number of alkyl carbamates (subject to hydrolysis) is 5. The van der Waals surface area contributed by atoms with Gasteiger partial charge in [0.2, 0.25) is 11.9 Å². The molecule has 9 N–H and O–H groups in total. The fourth-order valence-electron chi connectivity index (χ4n) is 5.77. The van der Waals surface area contributed by atoms with Gasteiger partial charge in [0.15, 0.2) is 0 Å². The second-order valence-corrected chi connectivity index (χ2v) is 29.6. The molecule has 0 aromatic heterocycles. The van der Waals surface area contributed by atoms with Gasteiger partial charge in [-0.15, -0.1) is 0 Å². The van der Waals surface area contributed by atoms with Crippen LogP contribution in [-0.2, 0) is 60.2 Å². The van der Waals surface area contributed by atoms with Crippen molar-refractivity contribution < 1.29 is 99.2 Å². The van der Waals surface area contributed by atoms with E-state index in [1.165, 1.54) is 6.92 Å². The van der Waals surface area contributed by atoms with Crippen molar-refractivity contribution in [3.63, 3.8) is 0 Å². The molecule has 6 amide bonds. The summed E-state index contributed by atoms with van der Waals surface area (Å²) in [6.07, 6.45) is 6.40. The van der Waals surface area contributed by atoms with Crippen LogP contribution >= 0.6 is 26.0 Å². The molecule has 0 aromatic rings. The summed E-state index contributed by atoms with van der Waals surface area (Å²) >= 11 is 5.08. The normalized spacial score (nSPS) is 14.4. The minimum Gasteiger partial charge on any atom is -0.444 e. The number of aliphatic imine (C=N–C) groups is 3. The summed E-state index contributed by atoms with van der Waals surface area (Å²) in [4.78, 5) is 82.5. The maximum atomic E-state index is 12.0. The van der Waals surface area contributed by atoms with Crippen molar-refractivity contribution in [1.29, 1.82) is 0 Å². The van der Waals surface area contributed by atoms with Crippen molar-refractivity contribution in [2.75, 3.05) is 65.9 Å². The highest BCUT2D eigenvalue weighted by Gasteiger charge is 2.32. The first-order valence-corrected chi connectivity index (χ1v) is 33.5. The zero-order valence-corrected chi connectivity index (χ0v) is 58.9. The second kappa shape index (κ2) is 45.5. The summed E-state index contributed by atoms with van der Waals surface area (Å²) in [6.45, 7) is 33.3. The lowest BCUT2D eigenvalue weighted by atomic mass is 10.2. The molecular weight excluding hydrogens is 1230 g/mol. The van der Waals surface area contributed by atoms with E-state index in [-0.39, 0.29) is 44.2 Å². The van der Waals surface area contributed by atoms with E-state index in [9.17, 15) is 37.9 Å². The molecule has 2 heterocycles. The Morgan fingerprint density at radius 1 is 0.449 bits per heavy atom. The first-order valence-electron chi connectivity index (χ1n) is 29.6. The molecule has 0 aromatic carbocycles. The molecule has 2 aliphatic rings. The average molecular weight is 1340 g/mol. The van der Waals surface area contributed by atoms with Gasteiger partial charge in [-0.25, -0.2) is 37.9 Å². The Kier molecular flexibility index (Phi) is 45.2. The van der Waals surface area contributed by atoms with Crippen molar-refractivity contribution in [2.45, 2.75) is 242 Å². The maximum Gasteiger partial charge on any atom is 0.474 e. The molecule has 2 saturated heterocycles. The molecule has 30 nitrogen and oxygen atoms in total. The third kappa shape index (κ3) is 64.6. The minimum absolute atomic E-state index is 0.00865. The summed E-state index contributed by atoms with van der Waals surface area (Å²) in [5.41, 5.74) is 1.32. The average Bonchev–Trinajstić information content (AvgIpc) is 4.18. The van der Waals surface area contributed by atoms with E-state index < -0.39 is 84.9 Å². The number of unbranched alkanes of at least 4 members (excludes halogenated alkanes) is 9. The van der Waals surface area contributed by atoms with E-state index in [0.29, 0.717) is 45.8 Å². The molecule has 522 valence electrons. The van der Waals surface area contributed by atoms with Crippen LogP contribution in [0.25, 0.3) is 0 Å². The Bertz CT molecular complexity index is 2170. The summed E-state index contributed by atoms with van der Waals surface area (Å²) in [5, 5.41) is 29.1. The number of nitrogens with zero attached hydrogens (tertiary/aromatic N) is 3. The van der Waals surface area contributed by atoms with Crippen molar-refractivity contribution in [3.05, 3.63) is 0 Å². The highest BCUT2D eigenvalue weighted by molar-refractivity contribution is 7.81. The van der Waals surface area contributed by atoms with Gasteiger partial charge in [0.1, 0.15) is 39.4 Å². The number of amides is 6. The van der Waals surface area contributed by atoms with Gasteiger partial charge < -0.3 is 44.4 Å². The van der Waals surface area contributed by atoms with Crippen LogP contribution in [0.4, 0.5) is 28.8 Å². The van der Waals surface area contributed by atoms with Gasteiger partial charge in [-0.3, -0.25) is 59.2 Å². The highest BCUT2D eigenvalue weighted by atomic mass is 35.7. The first-order chi connectivity index (χ1) is 40.7. The van der Waals surface area contributed by atoms with Crippen molar-refractivity contribution in [3.8, 4) is 0 Å². The molecule has 0 aliphatic carbocycles. The van der Waals surface area contributed by atoms with Crippen LogP contribution in [0.5, 0.6) is 0 Å². The molecule has 0 atom stereocenters. The van der Waals surface area contributed by atoms with Crippen LogP contribution in [0.1, 0.15) is 209 Å². The molecule has 2 rings (SSSR count). The highest BCUT2D eigenvalue weighted by Crippen LogP contribution is 2.56. The topological polar surface area (TPSA) is 402 Å². The van der Waals surface area contributed by atoms with E-state index in [0.717, 1.165) is 70.8 Å². The van der Waals surface area contributed by atoms with Crippen LogP contribution in [0.3, 0.4) is 0 Å². The molecule has 0 spiro atoms. The number of carbonyl (C=O) groups is 6. The van der Waals surface area contributed by atoms with Gasteiger partial charge in [-0.1, -0.05) is 38.5 Å². The molecule has 33 heteroatoms. The number of nitrogens with one attached hydrogen (secondary N) is 5. The lowest BCUT2D eigenvalue weighted by Gasteiger charge is -2.22. The molecule has 89 heavy (non-hydrogen) atoms. The quantitative estimate of drug-likeness (QED) is 0.0196. The maximum absolute atomic E-state index is 12.0. The number of nitrogens with two attached hydrogens (primary N) is 1. The van der Waals surface area contributed by atoms with E-state index in [1.807, 2.05) is 0 Å². The monoisotopic (exact) mass is 1340 g/mol. The third-order valence-electron chi connectivity index (χ3n) is 8.99. The Morgan fingerprint density at radius 2 is 0.742 bits per heavy atom. The zero-order valence-electron chi connectivity index (χ0n) is 56.4. The molecule has 0 saturated carbocycles. The summed E-state index contributed by atoms with van der Waals surface area (Å²) in [6, 6.07) is 0. The van der Waals surface area contributed by atoms with E-state index in [2.05, 4.69) is 50.6 Å². The lowest BCUT2D eigenvalue weighted by molar-refractivity contribution is 0.0521. The minimum atomic E-state index is -3.33. The largest absolute Gasteiger partial charge is 0.474 e. The van der Waals surface area contributed by atoms with Crippen LogP contribution in [0, 0.1) is 0 Å². The number of rotatable bonds is 19. The van der Waals surface area contributed by atoms with Gasteiger partial charge >= 0.3 is 51.3 Å².